The molecule has 0 unspecified atom stereocenters. The van der Waals surface area contributed by atoms with Gasteiger partial charge in [0.1, 0.15) is 6.61 Å². The van der Waals surface area contributed by atoms with Crippen molar-refractivity contribution in [3.05, 3.63) is 90.3 Å². The number of methoxy groups -OCH3 is 1. The quantitative estimate of drug-likeness (QED) is 0.160. The molecule has 1 amide bonds. The number of halogens is 3. The van der Waals surface area contributed by atoms with Gasteiger partial charge in [0.2, 0.25) is 0 Å². The van der Waals surface area contributed by atoms with Crippen LogP contribution in [0.15, 0.2) is 65.6 Å². The summed E-state index contributed by atoms with van der Waals surface area (Å²) in [6.45, 7) is 0.424. The fourth-order valence-corrected chi connectivity index (χ4v) is 5.26. The van der Waals surface area contributed by atoms with Crippen LogP contribution in [-0.4, -0.2) is 17.3 Å². The monoisotopic (exact) mass is 627 g/mol. The number of carbonyl (C=O) groups is 1. The number of carbonyl (C=O) groups excluding carboxylic acids is 1. The second-order valence-corrected chi connectivity index (χ2v) is 10.7. The number of hydrogen-bond acceptors (Lipinski definition) is 5. The summed E-state index contributed by atoms with van der Waals surface area (Å²) < 4.78 is 13.0. The maximum atomic E-state index is 13.1. The van der Waals surface area contributed by atoms with Crippen molar-refractivity contribution in [2.75, 3.05) is 12.0 Å². The average molecular weight is 628 g/mol. The average Bonchev–Trinajstić information content (AvgIpc) is 3.06. The SMILES string of the molecule is COc1cc(/C=C2/SC(=S)N(c3ccc(Cl)cc3Cl)C2=O)ccc1OCc1ccc(I)cc1. The lowest BCUT2D eigenvalue weighted by molar-refractivity contribution is -0.113. The predicted octanol–water partition coefficient (Wildman–Crippen LogP) is 7.59. The van der Waals surface area contributed by atoms with Crippen LogP contribution in [0.3, 0.4) is 0 Å². The van der Waals surface area contributed by atoms with Crippen LogP contribution in [0.2, 0.25) is 10.0 Å². The molecule has 4 rings (SSSR count). The number of rotatable bonds is 6. The molecule has 1 aliphatic heterocycles. The summed E-state index contributed by atoms with van der Waals surface area (Å²) in [5, 5.41) is 0.845. The van der Waals surface area contributed by atoms with Crippen molar-refractivity contribution in [1.29, 1.82) is 0 Å². The molecule has 1 saturated heterocycles. The first kappa shape index (κ1) is 24.3. The van der Waals surface area contributed by atoms with Crippen LogP contribution < -0.4 is 14.4 Å². The van der Waals surface area contributed by atoms with E-state index in [1.807, 2.05) is 42.5 Å². The van der Waals surface area contributed by atoms with Gasteiger partial charge in [0.25, 0.3) is 5.91 Å². The number of amides is 1. The Kier molecular flexibility index (Phi) is 7.86. The Morgan fingerprint density at radius 1 is 1.06 bits per heavy atom. The van der Waals surface area contributed by atoms with Gasteiger partial charge >= 0.3 is 0 Å². The van der Waals surface area contributed by atoms with Crippen LogP contribution in [0.25, 0.3) is 6.08 Å². The fourth-order valence-electron chi connectivity index (χ4n) is 3.12. The van der Waals surface area contributed by atoms with E-state index in [0.29, 0.717) is 43.1 Å². The highest BCUT2D eigenvalue weighted by Gasteiger charge is 2.34. The van der Waals surface area contributed by atoms with Crippen molar-refractivity contribution in [3.8, 4) is 11.5 Å². The molecule has 168 valence electrons. The Labute approximate surface area is 225 Å². The van der Waals surface area contributed by atoms with E-state index in [2.05, 4.69) is 22.6 Å². The van der Waals surface area contributed by atoms with Gasteiger partial charge in [0.05, 0.1) is 22.7 Å². The molecular formula is C24H16Cl2INO3S2. The van der Waals surface area contributed by atoms with Crippen molar-refractivity contribution < 1.29 is 14.3 Å². The van der Waals surface area contributed by atoms with E-state index in [1.165, 1.54) is 20.2 Å². The van der Waals surface area contributed by atoms with E-state index in [9.17, 15) is 4.79 Å². The van der Waals surface area contributed by atoms with Crippen molar-refractivity contribution in [2.45, 2.75) is 6.61 Å². The molecule has 0 atom stereocenters. The lowest BCUT2D eigenvalue weighted by atomic mass is 10.1. The molecule has 0 saturated carbocycles. The van der Waals surface area contributed by atoms with Crippen LogP contribution in [0, 0.1) is 3.57 Å². The number of thioether (sulfide) groups is 1. The standard InChI is InChI=1S/C24H16Cl2INO3S2/c1-30-21-10-15(4-9-20(21)31-13-14-2-6-17(27)7-3-14)11-22-23(29)28(24(32)33-22)19-8-5-16(25)12-18(19)26/h2-12H,13H2,1H3/b22-11+. The van der Waals surface area contributed by atoms with E-state index < -0.39 is 0 Å². The lowest BCUT2D eigenvalue weighted by Gasteiger charge is -2.16. The molecule has 0 N–H and O–H groups in total. The highest BCUT2D eigenvalue weighted by Crippen LogP contribution is 2.40. The van der Waals surface area contributed by atoms with Gasteiger partial charge in [-0.2, -0.15) is 0 Å². The summed E-state index contributed by atoms with van der Waals surface area (Å²) in [5.74, 6) is 0.950. The lowest BCUT2D eigenvalue weighted by Crippen LogP contribution is -2.27. The molecule has 1 aliphatic rings. The van der Waals surface area contributed by atoms with Gasteiger partial charge in [-0.3, -0.25) is 9.69 Å². The van der Waals surface area contributed by atoms with E-state index in [-0.39, 0.29) is 5.91 Å². The minimum absolute atomic E-state index is 0.243. The highest BCUT2D eigenvalue weighted by atomic mass is 127. The normalized spacial score (nSPS) is 14.8. The van der Waals surface area contributed by atoms with Gasteiger partial charge in [0, 0.05) is 8.59 Å². The fraction of sp³-hybridized carbons (Fsp3) is 0.0833. The molecule has 9 heteroatoms. The highest BCUT2D eigenvalue weighted by molar-refractivity contribution is 14.1. The first-order chi connectivity index (χ1) is 15.9. The minimum Gasteiger partial charge on any atom is -0.493 e. The Bertz CT molecular complexity index is 1270. The summed E-state index contributed by atoms with van der Waals surface area (Å²) in [6, 6.07) is 18.6. The van der Waals surface area contributed by atoms with Gasteiger partial charge in [0.15, 0.2) is 15.8 Å². The number of ether oxygens (including phenoxy) is 2. The molecule has 3 aromatic carbocycles. The van der Waals surface area contributed by atoms with Crippen LogP contribution in [0.5, 0.6) is 11.5 Å². The summed E-state index contributed by atoms with van der Waals surface area (Å²) in [6.07, 6.45) is 1.77. The zero-order valence-corrected chi connectivity index (χ0v) is 22.5. The predicted molar refractivity (Wildman–Crippen MR) is 149 cm³/mol. The molecule has 33 heavy (non-hydrogen) atoms. The largest absolute Gasteiger partial charge is 0.493 e. The van der Waals surface area contributed by atoms with Crippen molar-refractivity contribution in [1.82, 2.24) is 0 Å². The van der Waals surface area contributed by atoms with Crippen LogP contribution in [0.1, 0.15) is 11.1 Å². The third-order valence-corrected chi connectivity index (χ3v) is 7.30. The Hall–Kier alpha value is -1.78. The van der Waals surface area contributed by atoms with Gasteiger partial charge in [-0.1, -0.05) is 65.4 Å². The Morgan fingerprint density at radius 2 is 1.82 bits per heavy atom. The van der Waals surface area contributed by atoms with E-state index in [4.69, 9.17) is 44.9 Å². The second kappa shape index (κ2) is 10.7. The summed E-state index contributed by atoms with van der Waals surface area (Å²) in [7, 11) is 1.58. The van der Waals surface area contributed by atoms with Gasteiger partial charge in [-0.25, -0.2) is 0 Å². The van der Waals surface area contributed by atoms with Gasteiger partial charge in [-0.05, 0) is 82.3 Å². The number of benzene rings is 3. The van der Waals surface area contributed by atoms with Crippen molar-refractivity contribution in [3.63, 3.8) is 0 Å². The van der Waals surface area contributed by atoms with Crippen molar-refractivity contribution in [2.24, 2.45) is 0 Å². The molecule has 0 aromatic heterocycles. The zero-order valence-electron chi connectivity index (χ0n) is 17.2. The first-order valence-corrected chi connectivity index (χ1v) is 12.7. The maximum Gasteiger partial charge on any atom is 0.270 e. The molecule has 0 bridgehead atoms. The molecule has 1 fully saturated rings. The van der Waals surface area contributed by atoms with Crippen LogP contribution in [0.4, 0.5) is 5.69 Å². The molecule has 0 spiro atoms. The van der Waals surface area contributed by atoms with Gasteiger partial charge < -0.3 is 9.47 Å². The minimum atomic E-state index is -0.243. The number of nitrogens with zero attached hydrogens (tertiary/aromatic N) is 1. The molecule has 0 radical (unpaired) electrons. The molecule has 4 nitrogen and oxygen atoms in total. The zero-order chi connectivity index (χ0) is 23.5. The van der Waals surface area contributed by atoms with Crippen LogP contribution in [-0.2, 0) is 11.4 Å². The Balaban J connectivity index is 1.54. The smallest absolute Gasteiger partial charge is 0.270 e. The van der Waals surface area contributed by atoms with Crippen LogP contribution >= 0.6 is 69.8 Å². The third kappa shape index (κ3) is 5.66. The summed E-state index contributed by atoms with van der Waals surface area (Å²) in [4.78, 5) is 15.0. The maximum absolute atomic E-state index is 13.1. The molecule has 3 aromatic rings. The Morgan fingerprint density at radius 3 is 2.52 bits per heavy atom. The van der Waals surface area contributed by atoms with E-state index in [0.717, 1.165) is 11.1 Å². The second-order valence-electron chi connectivity index (χ2n) is 6.94. The topological polar surface area (TPSA) is 38.8 Å². The number of anilines is 1. The van der Waals surface area contributed by atoms with Crippen molar-refractivity contribution >= 4 is 91.8 Å². The summed E-state index contributed by atoms with van der Waals surface area (Å²) >= 11 is 21.2. The molecular weight excluding hydrogens is 612 g/mol. The number of thiocarbonyl (C=S) groups is 1. The first-order valence-electron chi connectivity index (χ1n) is 9.64. The van der Waals surface area contributed by atoms with E-state index >= 15 is 0 Å². The van der Waals surface area contributed by atoms with E-state index in [1.54, 1.807) is 31.4 Å². The molecule has 0 aliphatic carbocycles. The number of hydrogen-bond donors (Lipinski definition) is 0. The summed E-state index contributed by atoms with van der Waals surface area (Å²) in [5.41, 5.74) is 2.35. The third-order valence-electron chi connectivity index (χ3n) is 4.74. The molecule has 1 heterocycles. The van der Waals surface area contributed by atoms with Gasteiger partial charge in [-0.15, -0.1) is 0 Å².